The molecule has 0 bridgehead atoms. The zero-order valence-electron chi connectivity index (χ0n) is 11.0. The Balaban J connectivity index is 1.72. The summed E-state index contributed by atoms with van der Waals surface area (Å²) in [5, 5.41) is 10.9. The van der Waals surface area contributed by atoms with Crippen LogP contribution in [0.1, 0.15) is 5.56 Å². The normalized spacial score (nSPS) is 13.8. The molecular formula is C13H13N7. The molecule has 0 amide bonds. The van der Waals surface area contributed by atoms with Crippen molar-refractivity contribution >= 4 is 5.82 Å². The van der Waals surface area contributed by atoms with Crippen LogP contribution in [-0.4, -0.2) is 43.5 Å². The number of nitrogens with one attached hydrogen (secondary N) is 1. The first kappa shape index (κ1) is 11.2. The van der Waals surface area contributed by atoms with E-state index in [-0.39, 0.29) is 0 Å². The lowest BCUT2D eigenvalue weighted by atomic mass is 10.1. The quantitative estimate of drug-likeness (QED) is 0.751. The molecule has 4 heterocycles. The highest BCUT2D eigenvalue weighted by molar-refractivity contribution is 5.66. The monoisotopic (exact) mass is 267 g/mol. The van der Waals surface area contributed by atoms with Gasteiger partial charge in [-0.15, -0.1) is 0 Å². The maximum atomic E-state index is 4.54. The number of pyridine rings is 1. The maximum Gasteiger partial charge on any atom is 0.246 e. The molecule has 1 aliphatic rings. The molecule has 1 N–H and O–H groups in total. The van der Waals surface area contributed by atoms with Crippen molar-refractivity contribution in [2.45, 2.75) is 6.42 Å². The minimum Gasteiger partial charge on any atom is -0.359 e. The van der Waals surface area contributed by atoms with Gasteiger partial charge in [0.2, 0.25) is 5.95 Å². The standard InChI is InChI=1S/C13H13N7/c1-19-3-2-9-4-10(5-14-12(9)19)11-6-17-20(7-11)13-15-8-16-18-13/h4-8H,2-3H2,1H3,(H,15,16,18). The predicted molar refractivity (Wildman–Crippen MR) is 73.7 cm³/mol. The van der Waals surface area contributed by atoms with E-state index in [0.717, 1.165) is 29.9 Å². The molecule has 20 heavy (non-hydrogen) atoms. The van der Waals surface area contributed by atoms with Crippen LogP contribution >= 0.6 is 0 Å². The average Bonchev–Trinajstić information content (AvgIpc) is 3.18. The number of anilines is 1. The van der Waals surface area contributed by atoms with Gasteiger partial charge in [0.1, 0.15) is 12.1 Å². The van der Waals surface area contributed by atoms with Crippen molar-refractivity contribution in [2.24, 2.45) is 0 Å². The molecule has 3 aromatic rings. The Bertz CT molecular complexity index is 744. The number of hydrogen-bond acceptors (Lipinski definition) is 5. The number of aromatic amines is 1. The van der Waals surface area contributed by atoms with E-state index < -0.39 is 0 Å². The first-order valence-electron chi connectivity index (χ1n) is 6.42. The summed E-state index contributed by atoms with van der Waals surface area (Å²) in [7, 11) is 2.07. The van der Waals surface area contributed by atoms with E-state index in [1.807, 2.05) is 18.6 Å². The number of rotatable bonds is 2. The molecule has 0 radical (unpaired) electrons. The molecule has 0 saturated heterocycles. The van der Waals surface area contributed by atoms with E-state index in [2.05, 4.69) is 43.3 Å². The Morgan fingerprint density at radius 1 is 1.20 bits per heavy atom. The van der Waals surface area contributed by atoms with Crippen molar-refractivity contribution in [3.05, 3.63) is 36.5 Å². The van der Waals surface area contributed by atoms with Crippen molar-refractivity contribution in [3.8, 4) is 17.1 Å². The summed E-state index contributed by atoms with van der Waals surface area (Å²) in [6, 6.07) is 2.19. The molecule has 0 fully saturated rings. The fraction of sp³-hybridized carbons (Fsp3) is 0.231. The number of likely N-dealkylation sites (N-methyl/N-ethyl adjacent to an activating group) is 1. The van der Waals surface area contributed by atoms with Gasteiger partial charge in [-0.25, -0.2) is 14.8 Å². The van der Waals surface area contributed by atoms with Crippen LogP contribution in [0.2, 0.25) is 0 Å². The minimum absolute atomic E-state index is 0.602. The van der Waals surface area contributed by atoms with E-state index in [4.69, 9.17) is 0 Å². The van der Waals surface area contributed by atoms with Crippen LogP contribution in [0.3, 0.4) is 0 Å². The summed E-state index contributed by atoms with van der Waals surface area (Å²) >= 11 is 0. The smallest absolute Gasteiger partial charge is 0.246 e. The zero-order valence-corrected chi connectivity index (χ0v) is 11.0. The van der Waals surface area contributed by atoms with Crippen LogP contribution in [-0.2, 0) is 6.42 Å². The van der Waals surface area contributed by atoms with Gasteiger partial charge in [0.05, 0.1) is 6.20 Å². The molecule has 0 spiro atoms. The summed E-state index contributed by atoms with van der Waals surface area (Å²) in [4.78, 5) is 10.8. The molecular weight excluding hydrogens is 254 g/mol. The second kappa shape index (κ2) is 4.16. The first-order chi connectivity index (χ1) is 9.81. The van der Waals surface area contributed by atoms with Crippen molar-refractivity contribution in [1.82, 2.24) is 29.9 Å². The molecule has 0 aliphatic carbocycles. The highest BCUT2D eigenvalue weighted by Crippen LogP contribution is 2.28. The molecule has 0 aromatic carbocycles. The van der Waals surface area contributed by atoms with Gasteiger partial charge < -0.3 is 4.90 Å². The third kappa shape index (κ3) is 1.67. The van der Waals surface area contributed by atoms with Crippen molar-refractivity contribution in [1.29, 1.82) is 0 Å². The van der Waals surface area contributed by atoms with Crippen molar-refractivity contribution < 1.29 is 0 Å². The van der Waals surface area contributed by atoms with Crippen molar-refractivity contribution in [3.63, 3.8) is 0 Å². The Morgan fingerprint density at radius 3 is 3.00 bits per heavy atom. The number of hydrogen-bond donors (Lipinski definition) is 1. The largest absolute Gasteiger partial charge is 0.359 e. The number of fused-ring (bicyclic) bond motifs is 1. The molecule has 3 aromatic heterocycles. The van der Waals surface area contributed by atoms with Gasteiger partial charge in [0.15, 0.2) is 0 Å². The topological polar surface area (TPSA) is 75.5 Å². The minimum atomic E-state index is 0.602. The van der Waals surface area contributed by atoms with Crippen LogP contribution in [0.4, 0.5) is 5.82 Å². The molecule has 7 nitrogen and oxygen atoms in total. The summed E-state index contributed by atoms with van der Waals surface area (Å²) in [5.74, 6) is 1.68. The predicted octanol–water partition coefficient (Wildman–Crippen LogP) is 1.04. The SMILES string of the molecule is CN1CCc2cc(-c3cnn(-c4ncn[nH]4)c3)cnc21. The molecule has 0 unspecified atom stereocenters. The Labute approximate surface area is 115 Å². The molecule has 1 aliphatic heterocycles. The lowest BCUT2D eigenvalue weighted by molar-refractivity contribution is 0.813. The molecule has 7 heteroatoms. The Morgan fingerprint density at radius 2 is 2.15 bits per heavy atom. The number of H-pyrrole nitrogens is 1. The average molecular weight is 267 g/mol. The van der Waals surface area contributed by atoms with E-state index in [1.165, 1.54) is 11.9 Å². The fourth-order valence-corrected chi connectivity index (χ4v) is 2.48. The van der Waals surface area contributed by atoms with Gasteiger partial charge in [0, 0.05) is 37.1 Å². The summed E-state index contributed by atoms with van der Waals surface area (Å²) < 4.78 is 1.67. The first-order valence-corrected chi connectivity index (χ1v) is 6.42. The highest BCUT2D eigenvalue weighted by Gasteiger charge is 2.18. The lowest BCUT2D eigenvalue weighted by Gasteiger charge is -2.10. The van der Waals surface area contributed by atoms with Crippen LogP contribution < -0.4 is 4.90 Å². The van der Waals surface area contributed by atoms with E-state index >= 15 is 0 Å². The van der Waals surface area contributed by atoms with Crippen LogP contribution in [0.15, 0.2) is 31.0 Å². The Kier molecular flexibility index (Phi) is 2.32. The van der Waals surface area contributed by atoms with Gasteiger partial charge in [-0.2, -0.15) is 15.2 Å². The van der Waals surface area contributed by atoms with Gasteiger partial charge >= 0.3 is 0 Å². The van der Waals surface area contributed by atoms with Gasteiger partial charge in [-0.1, -0.05) is 0 Å². The molecule has 4 rings (SSSR count). The van der Waals surface area contributed by atoms with Crippen LogP contribution in [0.25, 0.3) is 17.1 Å². The second-order valence-electron chi connectivity index (χ2n) is 4.86. The van der Waals surface area contributed by atoms with E-state index in [0.29, 0.717) is 5.95 Å². The summed E-state index contributed by atoms with van der Waals surface area (Å²) in [6.45, 7) is 1.03. The lowest BCUT2D eigenvalue weighted by Crippen LogP contribution is -2.13. The number of nitrogens with zero attached hydrogens (tertiary/aromatic N) is 6. The van der Waals surface area contributed by atoms with E-state index in [1.54, 1.807) is 4.68 Å². The molecule has 0 atom stereocenters. The second-order valence-corrected chi connectivity index (χ2v) is 4.86. The molecule has 100 valence electrons. The Hall–Kier alpha value is -2.70. The van der Waals surface area contributed by atoms with Crippen LogP contribution in [0, 0.1) is 0 Å². The van der Waals surface area contributed by atoms with Gasteiger partial charge in [-0.3, -0.25) is 0 Å². The van der Waals surface area contributed by atoms with Crippen LogP contribution in [0.5, 0.6) is 0 Å². The van der Waals surface area contributed by atoms with E-state index in [9.17, 15) is 0 Å². The van der Waals surface area contributed by atoms with Crippen molar-refractivity contribution in [2.75, 3.05) is 18.5 Å². The third-order valence-corrected chi connectivity index (χ3v) is 3.56. The zero-order chi connectivity index (χ0) is 13.5. The molecule has 0 saturated carbocycles. The fourth-order valence-electron chi connectivity index (χ4n) is 2.48. The number of aromatic nitrogens is 6. The van der Waals surface area contributed by atoms with Gasteiger partial charge in [-0.05, 0) is 18.1 Å². The highest BCUT2D eigenvalue weighted by atomic mass is 15.4. The van der Waals surface area contributed by atoms with Gasteiger partial charge in [0.25, 0.3) is 0 Å². The summed E-state index contributed by atoms with van der Waals surface area (Å²) in [5.41, 5.74) is 3.38. The third-order valence-electron chi connectivity index (χ3n) is 3.56. The maximum absolute atomic E-state index is 4.54. The summed E-state index contributed by atoms with van der Waals surface area (Å²) in [6.07, 6.45) is 8.13.